The van der Waals surface area contributed by atoms with E-state index in [1.54, 1.807) is 11.3 Å². The highest BCUT2D eigenvalue weighted by atomic mass is 32.1. The maximum Gasteiger partial charge on any atom is 0.318 e. The third kappa shape index (κ3) is 4.49. The van der Waals surface area contributed by atoms with Crippen LogP contribution in [0.2, 0.25) is 0 Å². The largest absolute Gasteiger partial charge is 0.337 e. The normalized spacial score (nSPS) is 15.4. The summed E-state index contributed by atoms with van der Waals surface area (Å²) in [6, 6.07) is 0.449. The van der Waals surface area contributed by atoms with Gasteiger partial charge in [0.05, 0.1) is 17.2 Å². The van der Waals surface area contributed by atoms with Crippen LogP contribution in [-0.2, 0) is 6.54 Å². The van der Waals surface area contributed by atoms with E-state index in [1.165, 1.54) is 0 Å². The fourth-order valence-electron chi connectivity index (χ4n) is 1.85. The van der Waals surface area contributed by atoms with E-state index in [0.29, 0.717) is 19.1 Å². The standard InChI is InChI=1S/C14H23N3OS/c1-10-16-11(8-19-10)7-17(12-5-6-12)13(18)15-9-14(2,3)4/h8,12H,5-7,9H2,1-4H3,(H,15,18). The third-order valence-electron chi connectivity index (χ3n) is 3.02. The van der Waals surface area contributed by atoms with Crippen molar-refractivity contribution in [1.82, 2.24) is 15.2 Å². The molecule has 0 atom stereocenters. The predicted octanol–water partition coefficient (Wildman–Crippen LogP) is 3.17. The van der Waals surface area contributed by atoms with Crippen LogP contribution in [0, 0.1) is 12.3 Å². The molecule has 0 saturated heterocycles. The van der Waals surface area contributed by atoms with E-state index in [4.69, 9.17) is 0 Å². The molecule has 1 N–H and O–H groups in total. The van der Waals surface area contributed by atoms with Crippen molar-refractivity contribution in [1.29, 1.82) is 0 Å². The lowest BCUT2D eigenvalue weighted by Gasteiger charge is -2.25. The molecule has 1 aliphatic carbocycles. The number of amides is 2. The molecule has 1 heterocycles. The molecular formula is C14H23N3OS. The molecule has 19 heavy (non-hydrogen) atoms. The van der Waals surface area contributed by atoms with E-state index in [1.807, 2.05) is 17.2 Å². The second-order valence-electron chi connectivity index (χ2n) is 6.44. The van der Waals surface area contributed by atoms with Crippen molar-refractivity contribution < 1.29 is 4.79 Å². The van der Waals surface area contributed by atoms with Crippen LogP contribution in [0.15, 0.2) is 5.38 Å². The first-order valence-electron chi connectivity index (χ1n) is 6.81. The molecule has 1 fully saturated rings. The molecule has 1 aromatic rings. The highest BCUT2D eigenvalue weighted by molar-refractivity contribution is 7.09. The summed E-state index contributed by atoms with van der Waals surface area (Å²) < 4.78 is 0. The van der Waals surface area contributed by atoms with E-state index >= 15 is 0 Å². The summed E-state index contributed by atoms with van der Waals surface area (Å²) in [6.45, 7) is 9.70. The highest BCUT2D eigenvalue weighted by Gasteiger charge is 2.33. The van der Waals surface area contributed by atoms with Gasteiger partial charge in [0.2, 0.25) is 0 Å². The molecule has 5 heteroatoms. The molecule has 1 saturated carbocycles. The molecule has 0 unspecified atom stereocenters. The Bertz CT molecular complexity index is 446. The number of thiazole rings is 1. The third-order valence-corrected chi connectivity index (χ3v) is 3.84. The smallest absolute Gasteiger partial charge is 0.318 e. The number of urea groups is 1. The first-order chi connectivity index (χ1) is 8.85. The number of rotatable bonds is 4. The zero-order valence-corrected chi connectivity index (χ0v) is 13.0. The van der Waals surface area contributed by atoms with Crippen LogP contribution in [0.25, 0.3) is 0 Å². The number of carbonyl (C=O) groups is 1. The van der Waals surface area contributed by atoms with E-state index < -0.39 is 0 Å². The summed E-state index contributed by atoms with van der Waals surface area (Å²) in [5, 5.41) is 6.13. The second-order valence-corrected chi connectivity index (χ2v) is 7.50. The van der Waals surface area contributed by atoms with Crippen LogP contribution < -0.4 is 5.32 Å². The Labute approximate surface area is 119 Å². The fourth-order valence-corrected chi connectivity index (χ4v) is 2.45. The number of carbonyl (C=O) groups excluding carboxylic acids is 1. The first kappa shape index (κ1) is 14.3. The van der Waals surface area contributed by atoms with E-state index in [-0.39, 0.29) is 11.4 Å². The van der Waals surface area contributed by atoms with Crippen LogP contribution in [0.3, 0.4) is 0 Å². The summed E-state index contributed by atoms with van der Waals surface area (Å²) in [6.07, 6.45) is 2.23. The molecule has 0 spiro atoms. The van der Waals surface area contributed by atoms with Crippen molar-refractivity contribution in [3.05, 3.63) is 16.1 Å². The van der Waals surface area contributed by atoms with Crippen molar-refractivity contribution >= 4 is 17.4 Å². The van der Waals surface area contributed by atoms with Crippen LogP contribution in [0.1, 0.15) is 44.3 Å². The molecule has 0 radical (unpaired) electrons. The van der Waals surface area contributed by atoms with E-state index in [0.717, 1.165) is 23.5 Å². The molecule has 2 amide bonds. The molecule has 4 nitrogen and oxygen atoms in total. The van der Waals surface area contributed by atoms with Crippen LogP contribution >= 0.6 is 11.3 Å². The lowest BCUT2D eigenvalue weighted by atomic mass is 9.97. The topological polar surface area (TPSA) is 45.2 Å². The second kappa shape index (κ2) is 5.49. The molecule has 1 aliphatic rings. The molecule has 2 rings (SSSR count). The summed E-state index contributed by atoms with van der Waals surface area (Å²) >= 11 is 1.64. The maximum atomic E-state index is 12.3. The molecule has 0 bridgehead atoms. The average Bonchev–Trinajstić information content (AvgIpc) is 3.06. The van der Waals surface area contributed by atoms with Gasteiger partial charge in [-0.25, -0.2) is 9.78 Å². The number of hydrogen-bond donors (Lipinski definition) is 1. The Morgan fingerprint density at radius 1 is 1.53 bits per heavy atom. The number of hydrogen-bond acceptors (Lipinski definition) is 3. The minimum absolute atomic E-state index is 0.0445. The highest BCUT2D eigenvalue weighted by Crippen LogP contribution is 2.28. The molecule has 0 aliphatic heterocycles. The summed E-state index contributed by atoms with van der Waals surface area (Å²) in [5.41, 5.74) is 1.11. The SMILES string of the molecule is Cc1nc(CN(C(=O)NCC(C)(C)C)C2CC2)cs1. The van der Waals surface area contributed by atoms with Gasteiger partial charge in [-0.15, -0.1) is 11.3 Å². The Hall–Kier alpha value is -1.10. The van der Waals surface area contributed by atoms with Crippen molar-refractivity contribution in [3.63, 3.8) is 0 Å². The van der Waals surface area contributed by atoms with E-state index in [9.17, 15) is 4.79 Å². The predicted molar refractivity (Wildman–Crippen MR) is 78.3 cm³/mol. The maximum absolute atomic E-state index is 12.3. The van der Waals surface area contributed by atoms with Crippen LogP contribution in [0.5, 0.6) is 0 Å². The number of nitrogens with one attached hydrogen (secondary N) is 1. The zero-order valence-electron chi connectivity index (χ0n) is 12.2. The Balaban J connectivity index is 1.94. The number of nitrogens with zero attached hydrogens (tertiary/aromatic N) is 2. The lowest BCUT2D eigenvalue weighted by molar-refractivity contribution is 0.186. The van der Waals surface area contributed by atoms with Gasteiger partial charge in [-0.3, -0.25) is 0 Å². The molecule has 0 aromatic carbocycles. The Kier molecular flexibility index (Phi) is 4.13. The Morgan fingerprint density at radius 2 is 2.21 bits per heavy atom. The fraction of sp³-hybridized carbons (Fsp3) is 0.714. The average molecular weight is 281 g/mol. The molecular weight excluding hydrogens is 258 g/mol. The van der Waals surface area contributed by atoms with Gasteiger partial charge < -0.3 is 10.2 Å². The van der Waals surface area contributed by atoms with Crippen LogP contribution in [0.4, 0.5) is 4.79 Å². The lowest BCUT2D eigenvalue weighted by Crippen LogP contribution is -2.43. The van der Waals surface area contributed by atoms with Gasteiger partial charge >= 0.3 is 6.03 Å². The first-order valence-corrected chi connectivity index (χ1v) is 7.68. The minimum atomic E-state index is 0.0445. The number of aryl methyl sites for hydroxylation is 1. The molecule has 106 valence electrons. The summed E-state index contributed by atoms with van der Waals surface area (Å²) in [7, 11) is 0. The van der Waals surface area contributed by atoms with Gasteiger partial charge in [-0.1, -0.05) is 20.8 Å². The van der Waals surface area contributed by atoms with Crippen molar-refractivity contribution in [2.75, 3.05) is 6.54 Å². The van der Waals surface area contributed by atoms with Gasteiger partial charge in [0.15, 0.2) is 0 Å². The molecule has 1 aromatic heterocycles. The van der Waals surface area contributed by atoms with Gasteiger partial charge in [0.25, 0.3) is 0 Å². The monoisotopic (exact) mass is 281 g/mol. The summed E-state index contributed by atoms with van der Waals surface area (Å²) in [4.78, 5) is 18.7. The van der Waals surface area contributed by atoms with Crippen LogP contribution in [-0.4, -0.2) is 28.5 Å². The van der Waals surface area contributed by atoms with E-state index in [2.05, 4.69) is 31.1 Å². The van der Waals surface area contributed by atoms with Gasteiger partial charge in [-0.05, 0) is 25.2 Å². The van der Waals surface area contributed by atoms with Gasteiger partial charge in [-0.2, -0.15) is 0 Å². The zero-order chi connectivity index (χ0) is 14.0. The van der Waals surface area contributed by atoms with Crippen molar-refractivity contribution in [2.24, 2.45) is 5.41 Å². The number of aromatic nitrogens is 1. The quantitative estimate of drug-likeness (QED) is 0.921. The van der Waals surface area contributed by atoms with Crippen molar-refractivity contribution in [3.8, 4) is 0 Å². The Morgan fingerprint density at radius 3 is 2.68 bits per heavy atom. The van der Waals surface area contributed by atoms with Crippen molar-refractivity contribution in [2.45, 2.75) is 53.1 Å². The summed E-state index contributed by atoms with van der Waals surface area (Å²) in [5.74, 6) is 0. The minimum Gasteiger partial charge on any atom is -0.337 e. The van der Waals surface area contributed by atoms with Gasteiger partial charge in [0.1, 0.15) is 0 Å². The van der Waals surface area contributed by atoms with Gasteiger partial charge in [0, 0.05) is 18.0 Å².